The molecule has 1 unspecified atom stereocenters. The first-order valence-corrected chi connectivity index (χ1v) is 5.41. The van der Waals surface area contributed by atoms with Crippen LogP contribution in [0.15, 0.2) is 12.2 Å². The third kappa shape index (κ3) is 3.08. The molecule has 16 heavy (non-hydrogen) atoms. The first-order valence-electron chi connectivity index (χ1n) is 5.41. The zero-order valence-electron chi connectivity index (χ0n) is 10.0. The second-order valence-electron chi connectivity index (χ2n) is 4.64. The Morgan fingerprint density at radius 1 is 1.56 bits per heavy atom. The molecule has 1 heterocycles. The maximum absolute atomic E-state index is 11.4. The summed E-state index contributed by atoms with van der Waals surface area (Å²) < 4.78 is 10.5. The van der Waals surface area contributed by atoms with Crippen molar-refractivity contribution in [3.8, 4) is 0 Å². The molecule has 0 spiro atoms. The van der Waals surface area contributed by atoms with Crippen molar-refractivity contribution >= 4 is 11.9 Å². The van der Waals surface area contributed by atoms with Gasteiger partial charge in [-0.1, -0.05) is 6.58 Å². The lowest BCUT2D eigenvalue weighted by Crippen LogP contribution is -2.45. The van der Waals surface area contributed by atoms with Crippen LogP contribution in [0, 0.1) is 0 Å². The lowest BCUT2D eigenvalue weighted by Gasteiger charge is -2.35. The fourth-order valence-corrected chi connectivity index (χ4v) is 1.59. The number of cyclic esters (lactones) is 1. The van der Waals surface area contributed by atoms with Gasteiger partial charge in [-0.25, -0.2) is 4.79 Å². The molecule has 90 valence electrons. The van der Waals surface area contributed by atoms with Crippen molar-refractivity contribution in [2.24, 2.45) is 0 Å². The predicted molar refractivity (Wildman–Crippen MR) is 58.7 cm³/mol. The highest BCUT2D eigenvalue weighted by molar-refractivity contribution is 5.87. The smallest absolute Gasteiger partial charge is 0.333 e. The maximum atomic E-state index is 11.4. The molecule has 4 nitrogen and oxygen atoms in total. The lowest BCUT2D eigenvalue weighted by atomic mass is 9.94. The van der Waals surface area contributed by atoms with Gasteiger partial charge in [0.2, 0.25) is 0 Å². The topological polar surface area (TPSA) is 52.6 Å². The van der Waals surface area contributed by atoms with Crippen LogP contribution in [-0.2, 0) is 19.1 Å². The normalized spacial score (nSPS) is 21.2. The average Bonchev–Trinajstić information content (AvgIpc) is 2.17. The van der Waals surface area contributed by atoms with Crippen LogP contribution in [0.2, 0.25) is 0 Å². The minimum absolute atomic E-state index is 0.226. The fourth-order valence-electron chi connectivity index (χ4n) is 1.59. The van der Waals surface area contributed by atoms with E-state index in [2.05, 4.69) is 6.58 Å². The van der Waals surface area contributed by atoms with Gasteiger partial charge in [0, 0.05) is 12.0 Å². The minimum atomic E-state index is -0.799. The summed E-state index contributed by atoms with van der Waals surface area (Å²) >= 11 is 0. The van der Waals surface area contributed by atoms with Gasteiger partial charge in [-0.15, -0.1) is 0 Å². The molecule has 0 aromatic rings. The SMILES string of the molecule is C=C(C)C(=O)OC(C)(C)C1CCCC(=O)O1. The third-order valence-electron chi connectivity index (χ3n) is 2.60. The van der Waals surface area contributed by atoms with Crippen LogP contribution in [0.1, 0.15) is 40.0 Å². The number of ether oxygens (including phenoxy) is 2. The molecular weight excluding hydrogens is 208 g/mol. The number of rotatable bonds is 3. The van der Waals surface area contributed by atoms with E-state index in [1.807, 2.05) is 0 Å². The van der Waals surface area contributed by atoms with Gasteiger partial charge in [0.15, 0.2) is 0 Å². The molecule has 0 radical (unpaired) electrons. The molecule has 1 aliphatic rings. The van der Waals surface area contributed by atoms with Gasteiger partial charge < -0.3 is 9.47 Å². The highest BCUT2D eigenvalue weighted by Crippen LogP contribution is 2.27. The van der Waals surface area contributed by atoms with Crippen LogP contribution >= 0.6 is 0 Å². The molecule has 0 aromatic carbocycles. The summed E-state index contributed by atoms with van der Waals surface area (Å²) in [6.45, 7) is 8.60. The van der Waals surface area contributed by atoms with Gasteiger partial charge in [-0.2, -0.15) is 0 Å². The first-order chi connectivity index (χ1) is 7.33. The van der Waals surface area contributed by atoms with Crippen LogP contribution in [0.3, 0.4) is 0 Å². The molecule has 1 rings (SSSR count). The third-order valence-corrected chi connectivity index (χ3v) is 2.60. The van der Waals surface area contributed by atoms with E-state index in [9.17, 15) is 9.59 Å². The molecule has 0 bridgehead atoms. The van der Waals surface area contributed by atoms with E-state index in [-0.39, 0.29) is 12.1 Å². The van der Waals surface area contributed by atoms with Gasteiger partial charge in [0.25, 0.3) is 0 Å². The zero-order chi connectivity index (χ0) is 12.3. The second-order valence-corrected chi connectivity index (χ2v) is 4.64. The fraction of sp³-hybridized carbons (Fsp3) is 0.667. The molecule has 1 fully saturated rings. The van der Waals surface area contributed by atoms with Crippen LogP contribution < -0.4 is 0 Å². The Balaban J connectivity index is 2.65. The Bertz CT molecular complexity index is 317. The molecule has 1 aliphatic heterocycles. The molecule has 4 heteroatoms. The lowest BCUT2D eigenvalue weighted by molar-refractivity contribution is -0.183. The Hall–Kier alpha value is -1.32. The molecule has 0 amide bonds. The summed E-state index contributed by atoms with van der Waals surface area (Å²) in [5.41, 5.74) is -0.457. The summed E-state index contributed by atoms with van der Waals surface area (Å²) in [7, 11) is 0. The predicted octanol–water partition coefficient (Wildman–Crippen LogP) is 1.98. The molecule has 0 N–H and O–H groups in total. The van der Waals surface area contributed by atoms with E-state index in [0.717, 1.165) is 12.8 Å². The number of hydrogen-bond donors (Lipinski definition) is 0. The summed E-state index contributed by atoms with van der Waals surface area (Å²) in [4.78, 5) is 22.6. The van der Waals surface area contributed by atoms with Crippen molar-refractivity contribution in [1.82, 2.24) is 0 Å². The minimum Gasteiger partial charge on any atom is -0.458 e. The van der Waals surface area contributed by atoms with Crippen molar-refractivity contribution in [1.29, 1.82) is 0 Å². The Morgan fingerprint density at radius 3 is 2.69 bits per heavy atom. The molecular formula is C12H18O4. The molecule has 1 atom stereocenters. The first kappa shape index (κ1) is 12.7. The van der Waals surface area contributed by atoms with Gasteiger partial charge in [-0.3, -0.25) is 4.79 Å². The average molecular weight is 226 g/mol. The summed E-state index contributed by atoms with van der Waals surface area (Å²) in [5.74, 6) is -0.678. The zero-order valence-corrected chi connectivity index (χ0v) is 10.0. The summed E-state index contributed by atoms with van der Waals surface area (Å²) in [6.07, 6.45) is 1.58. The molecule has 0 aromatic heterocycles. The monoisotopic (exact) mass is 226 g/mol. The van der Waals surface area contributed by atoms with Crippen molar-refractivity contribution in [3.05, 3.63) is 12.2 Å². The Morgan fingerprint density at radius 2 is 2.19 bits per heavy atom. The number of hydrogen-bond acceptors (Lipinski definition) is 4. The van der Waals surface area contributed by atoms with Gasteiger partial charge in [-0.05, 0) is 33.6 Å². The highest BCUT2D eigenvalue weighted by Gasteiger charge is 2.38. The molecule has 0 saturated carbocycles. The van der Waals surface area contributed by atoms with Gasteiger partial charge >= 0.3 is 11.9 Å². The quantitative estimate of drug-likeness (QED) is 0.545. The summed E-state index contributed by atoms with van der Waals surface area (Å²) in [5, 5.41) is 0. The van der Waals surface area contributed by atoms with Crippen molar-refractivity contribution in [2.75, 3.05) is 0 Å². The number of esters is 2. The number of carbonyl (C=O) groups excluding carboxylic acids is 2. The van der Waals surface area contributed by atoms with E-state index in [0.29, 0.717) is 12.0 Å². The van der Waals surface area contributed by atoms with E-state index in [1.165, 1.54) is 0 Å². The van der Waals surface area contributed by atoms with Crippen LogP contribution in [-0.4, -0.2) is 23.6 Å². The van der Waals surface area contributed by atoms with Crippen molar-refractivity contribution < 1.29 is 19.1 Å². The maximum Gasteiger partial charge on any atom is 0.333 e. The van der Waals surface area contributed by atoms with E-state index in [1.54, 1.807) is 20.8 Å². The highest BCUT2D eigenvalue weighted by atomic mass is 16.6. The van der Waals surface area contributed by atoms with Crippen molar-refractivity contribution in [2.45, 2.75) is 51.7 Å². The molecule has 1 saturated heterocycles. The van der Waals surface area contributed by atoms with E-state index < -0.39 is 11.6 Å². The van der Waals surface area contributed by atoms with E-state index in [4.69, 9.17) is 9.47 Å². The number of carbonyl (C=O) groups is 2. The molecule has 0 aliphatic carbocycles. The second kappa shape index (κ2) is 4.68. The van der Waals surface area contributed by atoms with Crippen LogP contribution in [0.5, 0.6) is 0 Å². The standard InChI is InChI=1S/C12H18O4/c1-8(2)11(14)16-12(3,4)9-6-5-7-10(13)15-9/h9H,1,5-7H2,2-4H3. The largest absolute Gasteiger partial charge is 0.458 e. The van der Waals surface area contributed by atoms with Crippen LogP contribution in [0.25, 0.3) is 0 Å². The Kier molecular flexibility index (Phi) is 3.73. The van der Waals surface area contributed by atoms with Crippen LogP contribution in [0.4, 0.5) is 0 Å². The van der Waals surface area contributed by atoms with Gasteiger partial charge in [0.05, 0.1) is 0 Å². The van der Waals surface area contributed by atoms with Gasteiger partial charge in [0.1, 0.15) is 11.7 Å². The Labute approximate surface area is 95.6 Å². The summed E-state index contributed by atoms with van der Waals surface area (Å²) in [6, 6.07) is 0. The van der Waals surface area contributed by atoms with Crippen molar-refractivity contribution in [3.63, 3.8) is 0 Å². The van der Waals surface area contributed by atoms with E-state index >= 15 is 0 Å².